The minimum Gasteiger partial charge on any atom is -0.280 e. The van der Waals surface area contributed by atoms with E-state index in [0.29, 0.717) is 27.6 Å². The van der Waals surface area contributed by atoms with Crippen LogP contribution in [0.4, 0.5) is 0 Å². The third-order valence-corrected chi connectivity index (χ3v) is 5.18. The van der Waals surface area contributed by atoms with Crippen molar-refractivity contribution in [1.29, 1.82) is 0 Å². The van der Waals surface area contributed by atoms with Crippen LogP contribution in [0.25, 0.3) is 21.7 Å². The maximum absolute atomic E-state index is 12.5. The van der Waals surface area contributed by atoms with Crippen LogP contribution in [0.5, 0.6) is 0 Å². The van der Waals surface area contributed by atoms with Crippen molar-refractivity contribution in [3.63, 3.8) is 0 Å². The third kappa shape index (κ3) is 2.64. The van der Waals surface area contributed by atoms with Gasteiger partial charge in [-0.25, -0.2) is 14.8 Å². The Labute approximate surface area is 140 Å². The molecule has 0 amide bonds. The van der Waals surface area contributed by atoms with Gasteiger partial charge in [0.05, 0.1) is 4.88 Å². The quantitative estimate of drug-likeness (QED) is 0.411. The van der Waals surface area contributed by atoms with E-state index in [1.807, 2.05) is 17.5 Å². The highest BCUT2D eigenvalue weighted by molar-refractivity contribution is 7.99. The smallest absolute Gasteiger partial charge is 0.280 e. The molecule has 0 aromatic carbocycles. The molecule has 0 atom stereocenters. The molecular formula is C15H14N4O2S2. The lowest BCUT2D eigenvalue weighted by molar-refractivity contribution is 0.703. The van der Waals surface area contributed by atoms with Gasteiger partial charge in [0.25, 0.3) is 5.56 Å². The Balaban J connectivity index is 2.42. The van der Waals surface area contributed by atoms with Crippen molar-refractivity contribution in [3.8, 4) is 10.7 Å². The normalized spacial score (nSPS) is 11.0. The minimum atomic E-state index is -0.405. The van der Waals surface area contributed by atoms with Crippen molar-refractivity contribution < 1.29 is 0 Å². The summed E-state index contributed by atoms with van der Waals surface area (Å²) in [4.78, 5) is 34.6. The standard InChI is InChI=1S/C15H14N4O2S2/c1-4-7-23-13-10-12(18(2)15(21)19(3)14(10)20)16-11(17-13)9-6-5-8-22-9/h4-6,8H,1,7H2,2-3H3. The van der Waals surface area contributed by atoms with E-state index in [9.17, 15) is 9.59 Å². The van der Waals surface area contributed by atoms with Crippen molar-refractivity contribution in [1.82, 2.24) is 19.1 Å². The number of hydrogen-bond donors (Lipinski definition) is 0. The van der Waals surface area contributed by atoms with Crippen molar-refractivity contribution in [2.75, 3.05) is 5.75 Å². The van der Waals surface area contributed by atoms with Gasteiger partial charge in [0.1, 0.15) is 10.4 Å². The molecular weight excluding hydrogens is 332 g/mol. The van der Waals surface area contributed by atoms with Gasteiger partial charge in [-0.05, 0) is 11.4 Å². The molecule has 6 nitrogen and oxygen atoms in total. The molecule has 0 saturated heterocycles. The van der Waals surface area contributed by atoms with Gasteiger partial charge in [-0.2, -0.15) is 0 Å². The Morgan fingerprint density at radius 3 is 2.74 bits per heavy atom. The number of rotatable bonds is 4. The van der Waals surface area contributed by atoms with Crippen LogP contribution in [-0.4, -0.2) is 24.9 Å². The molecule has 0 aliphatic rings. The molecule has 118 valence electrons. The van der Waals surface area contributed by atoms with E-state index in [1.54, 1.807) is 13.1 Å². The third-order valence-electron chi connectivity index (χ3n) is 3.35. The zero-order valence-electron chi connectivity index (χ0n) is 12.6. The Bertz CT molecular complexity index is 1000. The van der Waals surface area contributed by atoms with Gasteiger partial charge in [0.2, 0.25) is 0 Å². The van der Waals surface area contributed by atoms with E-state index in [4.69, 9.17) is 0 Å². The molecule has 0 saturated carbocycles. The van der Waals surface area contributed by atoms with Crippen LogP contribution in [0, 0.1) is 0 Å². The van der Waals surface area contributed by atoms with Crippen LogP contribution >= 0.6 is 23.1 Å². The SMILES string of the molecule is C=CCSc1nc(-c2cccs2)nc2c1c(=O)n(C)c(=O)n2C. The Hall–Kier alpha value is -2.19. The molecule has 23 heavy (non-hydrogen) atoms. The van der Waals surface area contributed by atoms with E-state index in [1.165, 1.54) is 34.7 Å². The average molecular weight is 346 g/mol. The summed E-state index contributed by atoms with van der Waals surface area (Å²) in [6, 6.07) is 3.82. The van der Waals surface area contributed by atoms with Crippen molar-refractivity contribution in [2.45, 2.75) is 5.03 Å². The summed E-state index contributed by atoms with van der Waals surface area (Å²) < 4.78 is 2.46. The van der Waals surface area contributed by atoms with Crippen LogP contribution in [-0.2, 0) is 14.1 Å². The maximum atomic E-state index is 12.5. The molecule has 3 heterocycles. The summed E-state index contributed by atoms with van der Waals surface area (Å²) in [5.41, 5.74) is -0.437. The Morgan fingerprint density at radius 1 is 1.30 bits per heavy atom. The predicted molar refractivity (Wildman–Crippen MR) is 94.3 cm³/mol. The second-order valence-electron chi connectivity index (χ2n) is 4.83. The van der Waals surface area contributed by atoms with Gasteiger partial charge in [-0.1, -0.05) is 12.1 Å². The molecule has 3 rings (SSSR count). The lowest BCUT2D eigenvalue weighted by Crippen LogP contribution is -2.37. The molecule has 0 aliphatic heterocycles. The minimum absolute atomic E-state index is 0.350. The first-order valence-corrected chi connectivity index (χ1v) is 8.66. The monoisotopic (exact) mass is 346 g/mol. The lowest BCUT2D eigenvalue weighted by atomic mass is 10.3. The van der Waals surface area contributed by atoms with Crippen molar-refractivity contribution >= 4 is 34.1 Å². The number of aryl methyl sites for hydroxylation is 1. The number of thioether (sulfide) groups is 1. The average Bonchev–Trinajstić information content (AvgIpc) is 3.09. The topological polar surface area (TPSA) is 69.8 Å². The van der Waals surface area contributed by atoms with Crippen LogP contribution in [0.1, 0.15) is 0 Å². The van der Waals surface area contributed by atoms with Crippen LogP contribution in [0.2, 0.25) is 0 Å². The lowest BCUT2D eigenvalue weighted by Gasteiger charge is -2.10. The molecule has 3 aromatic rings. The molecule has 0 bridgehead atoms. The number of aromatic nitrogens is 4. The molecule has 0 aliphatic carbocycles. The number of thiophene rings is 1. The fourth-order valence-corrected chi connectivity index (χ4v) is 3.59. The zero-order chi connectivity index (χ0) is 16.6. The molecule has 0 unspecified atom stereocenters. The molecule has 3 aromatic heterocycles. The fourth-order valence-electron chi connectivity index (χ4n) is 2.19. The van der Waals surface area contributed by atoms with Gasteiger partial charge < -0.3 is 0 Å². The molecule has 0 fully saturated rings. The number of fused-ring (bicyclic) bond motifs is 1. The highest BCUT2D eigenvalue weighted by Gasteiger charge is 2.18. The second kappa shape index (κ2) is 6.13. The van der Waals surface area contributed by atoms with Gasteiger partial charge in [0, 0.05) is 19.8 Å². The van der Waals surface area contributed by atoms with Gasteiger partial charge in [-0.15, -0.1) is 29.7 Å². The van der Waals surface area contributed by atoms with E-state index in [2.05, 4.69) is 16.5 Å². The van der Waals surface area contributed by atoms with Gasteiger partial charge in [0.15, 0.2) is 11.5 Å². The molecule has 0 N–H and O–H groups in total. The van der Waals surface area contributed by atoms with E-state index in [0.717, 1.165) is 9.44 Å². The largest absolute Gasteiger partial charge is 0.332 e. The summed E-state index contributed by atoms with van der Waals surface area (Å²) in [6.45, 7) is 3.70. The van der Waals surface area contributed by atoms with Gasteiger partial charge >= 0.3 is 5.69 Å². The zero-order valence-corrected chi connectivity index (χ0v) is 14.3. The summed E-state index contributed by atoms with van der Waals surface area (Å²) in [6.07, 6.45) is 1.75. The summed E-state index contributed by atoms with van der Waals surface area (Å²) >= 11 is 2.91. The van der Waals surface area contributed by atoms with Crippen molar-refractivity contribution in [2.24, 2.45) is 14.1 Å². The summed E-state index contributed by atoms with van der Waals surface area (Å²) in [7, 11) is 3.07. The van der Waals surface area contributed by atoms with Crippen LogP contribution < -0.4 is 11.2 Å². The maximum Gasteiger partial charge on any atom is 0.332 e. The van der Waals surface area contributed by atoms with Gasteiger partial charge in [-0.3, -0.25) is 13.9 Å². The van der Waals surface area contributed by atoms with E-state index in [-0.39, 0.29) is 5.56 Å². The van der Waals surface area contributed by atoms with E-state index >= 15 is 0 Å². The summed E-state index contributed by atoms with van der Waals surface area (Å²) in [5, 5.41) is 2.86. The summed E-state index contributed by atoms with van der Waals surface area (Å²) in [5.74, 6) is 1.13. The van der Waals surface area contributed by atoms with Crippen molar-refractivity contribution in [3.05, 3.63) is 51.0 Å². The Morgan fingerprint density at radius 2 is 2.09 bits per heavy atom. The molecule has 8 heteroatoms. The molecule has 0 spiro atoms. The highest BCUT2D eigenvalue weighted by Crippen LogP contribution is 2.27. The fraction of sp³-hybridized carbons (Fsp3) is 0.200. The Kier molecular flexibility index (Phi) is 4.18. The first-order valence-electron chi connectivity index (χ1n) is 6.80. The first-order chi connectivity index (χ1) is 11.0. The predicted octanol–water partition coefficient (Wildman–Crippen LogP) is 2.03. The molecule has 0 radical (unpaired) electrons. The highest BCUT2D eigenvalue weighted by atomic mass is 32.2. The van der Waals surface area contributed by atoms with Crippen LogP contribution in [0.15, 0.2) is 44.8 Å². The van der Waals surface area contributed by atoms with Crippen LogP contribution in [0.3, 0.4) is 0 Å². The van der Waals surface area contributed by atoms with E-state index < -0.39 is 5.69 Å². The number of hydrogen-bond acceptors (Lipinski definition) is 6. The first kappa shape index (κ1) is 15.7. The number of nitrogens with zero attached hydrogens (tertiary/aromatic N) is 4. The second-order valence-corrected chi connectivity index (χ2v) is 6.79.